The van der Waals surface area contributed by atoms with Gasteiger partial charge in [0.2, 0.25) is 0 Å². The summed E-state index contributed by atoms with van der Waals surface area (Å²) in [6.07, 6.45) is 7.33. The number of hydrogen-bond acceptors (Lipinski definition) is 1. The van der Waals surface area contributed by atoms with Gasteiger partial charge in [0, 0.05) is 5.70 Å². The summed E-state index contributed by atoms with van der Waals surface area (Å²) in [5.41, 5.74) is 1.30. The van der Waals surface area contributed by atoms with Crippen molar-refractivity contribution >= 4 is 0 Å². The van der Waals surface area contributed by atoms with Crippen molar-refractivity contribution in [2.75, 3.05) is 0 Å². The molecule has 0 atom stereocenters. The van der Waals surface area contributed by atoms with E-state index in [9.17, 15) is 0 Å². The number of dihydropyridines is 1. The van der Waals surface area contributed by atoms with Gasteiger partial charge in [-0.2, -0.15) is 0 Å². The van der Waals surface area contributed by atoms with Crippen LogP contribution in [0.5, 0.6) is 0 Å². The molecule has 1 heteroatoms. The molecule has 0 unspecified atom stereocenters. The zero-order valence-corrected chi connectivity index (χ0v) is 5.94. The third kappa shape index (κ3) is 1.60. The van der Waals surface area contributed by atoms with E-state index in [2.05, 4.69) is 37.4 Å². The third-order valence-electron chi connectivity index (χ3n) is 1.38. The molecule has 0 saturated heterocycles. The van der Waals surface area contributed by atoms with E-state index < -0.39 is 0 Å². The van der Waals surface area contributed by atoms with Gasteiger partial charge in [-0.15, -0.1) is 0 Å². The largest absolute Gasteiger partial charge is 0.377 e. The lowest BCUT2D eigenvalue weighted by Gasteiger charge is -2.15. The molecule has 1 radical (unpaired) electrons. The minimum Gasteiger partial charge on any atom is -0.377 e. The van der Waals surface area contributed by atoms with Crippen LogP contribution in [0.1, 0.15) is 20.3 Å². The van der Waals surface area contributed by atoms with Crippen LogP contribution < -0.4 is 5.32 Å². The normalized spacial score (nSPS) is 19.1. The van der Waals surface area contributed by atoms with Crippen molar-refractivity contribution < 1.29 is 0 Å². The third-order valence-corrected chi connectivity index (χ3v) is 1.38. The molecule has 0 fully saturated rings. The van der Waals surface area contributed by atoms with E-state index in [0.717, 1.165) is 6.42 Å². The molecule has 0 aromatic heterocycles. The van der Waals surface area contributed by atoms with E-state index in [4.69, 9.17) is 0 Å². The summed E-state index contributed by atoms with van der Waals surface area (Å²) >= 11 is 0. The lowest BCUT2D eigenvalue weighted by Crippen LogP contribution is -2.17. The molecule has 1 N–H and O–H groups in total. The van der Waals surface area contributed by atoms with Crippen LogP contribution in [0.3, 0.4) is 0 Å². The molecule has 0 saturated carbocycles. The lowest BCUT2D eigenvalue weighted by atomic mass is 10.2. The Hall–Kier alpha value is -0.720. The number of hydrogen-bond donors (Lipinski definition) is 1. The van der Waals surface area contributed by atoms with Crippen LogP contribution in [0.25, 0.3) is 0 Å². The summed E-state index contributed by atoms with van der Waals surface area (Å²) in [5, 5.41) is 3.26. The van der Waals surface area contributed by atoms with Gasteiger partial charge in [0.05, 0.1) is 6.04 Å². The van der Waals surface area contributed by atoms with E-state index in [1.807, 2.05) is 0 Å². The standard InChI is InChI=1S/C8H12N/c1-3-8-6-4-5-7(2)9-8/h4-6,9H,3H2,1-2H3. The molecule has 1 heterocycles. The Bertz CT molecular complexity index is 145. The van der Waals surface area contributed by atoms with E-state index in [-0.39, 0.29) is 0 Å². The van der Waals surface area contributed by atoms with Crippen molar-refractivity contribution in [3.8, 4) is 0 Å². The average Bonchev–Trinajstić information content (AvgIpc) is 1.88. The summed E-state index contributed by atoms with van der Waals surface area (Å²) in [6.45, 7) is 4.21. The van der Waals surface area contributed by atoms with Crippen molar-refractivity contribution in [2.24, 2.45) is 0 Å². The molecule has 9 heavy (non-hydrogen) atoms. The number of rotatable bonds is 1. The summed E-state index contributed by atoms with van der Waals surface area (Å²) in [5.74, 6) is 0. The smallest absolute Gasteiger partial charge is 0.0791 e. The molecule has 1 aliphatic rings. The van der Waals surface area contributed by atoms with Crippen molar-refractivity contribution in [3.63, 3.8) is 0 Å². The zero-order chi connectivity index (χ0) is 6.69. The second kappa shape index (κ2) is 2.72. The highest BCUT2D eigenvalue weighted by Gasteiger charge is 2.01. The van der Waals surface area contributed by atoms with E-state index >= 15 is 0 Å². The maximum absolute atomic E-state index is 3.26. The first-order chi connectivity index (χ1) is 4.33. The van der Waals surface area contributed by atoms with Gasteiger partial charge in [-0.05, 0) is 19.4 Å². The molecule has 1 nitrogen and oxygen atoms in total. The highest BCUT2D eigenvalue weighted by Crippen LogP contribution is 2.08. The topological polar surface area (TPSA) is 12.0 Å². The number of nitrogens with one attached hydrogen (secondary N) is 1. The molecular weight excluding hydrogens is 110 g/mol. The lowest BCUT2D eigenvalue weighted by molar-refractivity contribution is 0.814. The Balaban J connectivity index is 2.55. The summed E-state index contributed by atoms with van der Waals surface area (Å²) in [4.78, 5) is 0. The molecule has 1 aliphatic heterocycles. The van der Waals surface area contributed by atoms with Crippen molar-refractivity contribution in [3.05, 3.63) is 30.0 Å². The second-order valence-electron chi connectivity index (χ2n) is 2.21. The minimum atomic E-state index is 1.08. The SMILES string of the molecule is CCC1=CC=C[C](C)N1. The van der Waals surface area contributed by atoms with Crippen LogP contribution in [0.2, 0.25) is 0 Å². The van der Waals surface area contributed by atoms with E-state index in [0.29, 0.717) is 0 Å². The molecule has 0 aromatic rings. The van der Waals surface area contributed by atoms with Gasteiger partial charge in [-0.25, -0.2) is 0 Å². The molecule has 0 aliphatic carbocycles. The maximum Gasteiger partial charge on any atom is 0.0791 e. The monoisotopic (exact) mass is 122 g/mol. The van der Waals surface area contributed by atoms with Crippen LogP contribution in [0, 0.1) is 6.04 Å². The fraction of sp³-hybridized carbons (Fsp3) is 0.375. The predicted octanol–water partition coefficient (Wildman–Crippen LogP) is 1.99. The molecule has 0 spiro atoms. The Kier molecular flexibility index (Phi) is 1.93. The quantitative estimate of drug-likeness (QED) is 0.561. The molecule has 0 aromatic carbocycles. The van der Waals surface area contributed by atoms with Gasteiger partial charge < -0.3 is 5.32 Å². The highest BCUT2D eigenvalue weighted by molar-refractivity contribution is 5.25. The summed E-state index contributed by atoms with van der Waals surface area (Å²) in [7, 11) is 0. The predicted molar refractivity (Wildman–Crippen MR) is 39.6 cm³/mol. The fourth-order valence-corrected chi connectivity index (χ4v) is 0.851. The van der Waals surface area contributed by atoms with Crippen molar-refractivity contribution in [1.82, 2.24) is 5.32 Å². The first-order valence-electron chi connectivity index (χ1n) is 3.30. The maximum atomic E-state index is 3.26. The highest BCUT2D eigenvalue weighted by atomic mass is 14.9. The summed E-state index contributed by atoms with van der Waals surface area (Å²) in [6, 6.07) is 1.23. The van der Waals surface area contributed by atoms with Gasteiger partial charge in [0.15, 0.2) is 0 Å². The van der Waals surface area contributed by atoms with Crippen LogP contribution >= 0.6 is 0 Å². The van der Waals surface area contributed by atoms with Crippen molar-refractivity contribution in [2.45, 2.75) is 20.3 Å². The van der Waals surface area contributed by atoms with Gasteiger partial charge in [0.25, 0.3) is 0 Å². The Morgan fingerprint density at radius 3 is 2.78 bits per heavy atom. The van der Waals surface area contributed by atoms with Crippen LogP contribution in [0.4, 0.5) is 0 Å². The average molecular weight is 122 g/mol. The van der Waals surface area contributed by atoms with E-state index in [1.54, 1.807) is 0 Å². The molecule has 0 amide bonds. The Morgan fingerprint density at radius 1 is 1.56 bits per heavy atom. The Labute approximate surface area is 56.5 Å². The molecule has 1 rings (SSSR count). The molecular formula is C8H12N. The first-order valence-corrected chi connectivity index (χ1v) is 3.30. The number of allylic oxidation sites excluding steroid dienone is 3. The van der Waals surface area contributed by atoms with E-state index in [1.165, 1.54) is 11.7 Å². The van der Waals surface area contributed by atoms with Crippen LogP contribution in [-0.2, 0) is 0 Å². The van der Waals surface area contributed by atoms with Crippen LogP contribution in [0.15, 0.2) is 23.9 Å². The Morgan fingerprint density at radius 2 is 2.33 bits per heavy atom. The molecule has 0 bridgehead atoms. The van der Waals surface area contributed by atoms with Gasteiger partial charge in [-0.1, -0.05) is 19.1 Å². The summed E-state index contributed by atoms with van der Waals surface area (Å²) < 4.78 is 0. The molecule has 49 valence electrons. The van der Waals surface area contributed by atoms with Crippen molar-refractivity contribution in [1.29, 1.82) is 0 Å². The minimum absolute atomic E-state index is 1.08. The zero-order valence-electron chi connectivity index (χ0n) is 5.94. The fourth-order valence-electron chi connectivity index (χ4n) is 0.851. The second-order valence-corrected chi connectivity index (χ2v) is 2.21. The van der Waals surface area contributed by atoms with Crippen LogP contribution in [-0.4, -0.2) is 0 Å². The van der Waals surface area contributed by atoms with Gasteiger partial charge in [0.1, 0.15) is 0 Å². The van der Waals surface area contributed by atoms with Gasteiger partial charge in [-0.3, -0.25) is 0 Å². The van der Waals surface area contributed by atoms with Gasteiger partial charge >= 0.3 is 0 Å². The first kappa shape index (κ1) is 6.40.